The van der Waals surface area contributed by atoms with Gasteiger partial charge in [-0.2, -0.15) is 0 Å². The molecule has 1 amide bonds. The third kappa shape index (κ3) is 3.80. The van der Waals surface area contributed by atoms with Gasteiger partial charge in [0.25, 0.3) is 0 Å². The highest BCUT2D eigenvalue weighted by atomic mass is 16.5. The molecule has 1 saturated heterocycles. The van der Waals surface area contributed by atoms with E-state index in [4.69, 9.17) is 10.5 Å². The predicted molar refractivity (Wildman–Crippen MR) is 120 cm³/mol. The van der Waals surface area contributed by atoms with Crippen LogP contribution in [0.3, 0.4) is 0 Å². The molecule has 2 aromatic heterocycles. The number of anilines is 3. The zero-order valence-corrected chi connectivity index (χ0v) is 16.9. The number of morpholine rings is 1. The average Bonchev–Trinajstić information content (AvgIpc) is 3.23. The molecule has 0 radical (unpaired) electrons. The number of fused-ring (bicyclic) bond motifs is 1. The van der Waals surface area contributed by atoms with Gasteiger partial charge in [0.2, 0.25) is 11.9 Å². The van der Waals surface area contributed by atoms with E-state index < -0.39 is 5.91 Å². The summed E-state index contributed by atoms with van der Waals surface area (Å²) in [5, 5.41) is 7.89. The number of hydrogen-bond acceptors (Lipinski definition) is 6. The fourth-order valence-corrected chi connectivity index (χ4v) is 3.79. The maximum atomic E-state index is 11.9. The first-order valence-corrected chi connectivity index (χ1v) is 10.1. The number of carbonyl (C=O) groups excluding carboxylic acids is 1. The van der Waals surface area contributed by atoms with Gasteiger partial charge < -0.3 is 20.7 Å². The smallest absolute Gasteiger partial charge is 0.249 e. The molecule has 2 aromatic carbocycles. The number of primary amides is 1. The van der Waals surface area contributed by atoms with Crippen LogP contribution < -0.4 is 16.0 Å². The highest BCUT2D eigenvalue weighted by Crippen LogP contribution is 2.26. The van der Waals surface area contributed by atoms with Crippen LogP contribution in [0.15, 0.2) is 66.9 Å². The van der Waals surface area contributed by atoms with Crippen molar-refractivity contribution in [3.05, 3.63) is 72.4 Å². The summed E-state index contributed by atoms with van der Waals surface area (Å²) < 4.78 is 7.18. The van der Waals surface area contributed by atoms with Gasteiger partial charge in [0.15, 0.2) is 0 Å². The van der Waals surface area contributed by atoms with Gasteiger partial charge in [0.05, 0.1) is 30.6 Å². The van der Waals surface area contributed by atoms with Gasteiger partial charge in [-0.25, -0.2) is 9.50 Å². The van der Waals surface area contributed by atoms with Gasteiger partial charge in [-0.1, -0.05) is 18.2 Å². The van der Waals surface area contributed by atoms with Crippen LogP contribution in [-0.4, -0.2) is 46.8 Å². The first kappa shape index (κ1) is 19.1. The zero-order valence-electron chi connectivity index (χ0n) is 16.9. The summed E-state index contributed by atoms with van der Waals surface area (Å²) in [4.78, 5) is 18.6. The Bertz CT molecular complexity index is 1230. The second-order valence-electron chi connectivity index (χ2n) is 7.32. The third-order valence-electron chi connectivity index (χ3n) is 5.37. The molecule has 3 heterocycles. The number of ether oxygens (including phenoxy) is 1. The van der Waals surface area contributed by atoms with E-state index in [1.165, 1.54) is 5.69 Å². The van der Waals surface area contributed by atoms with E-state index in [1.54, 1.807) is 22.8 Å². The van der Waals surface area contributed by atoms with Crippen molar-refractivity contribution < 1.29 is 9.53 Å². The summed E-state index contributed by atoms with van der Waals surface area (Å²) in [6.07, 6.45) is 1.74. The molecule has 0 atom stereocenters. The molecular weight excluding hydrogens is 392 g/mol. The number of aromatic nitrogens is 3. The van der Waals surface area contributed by atoms with E-state index >= 15 is 0 Å². The Labute approximate surface area is 179 Å². The lowest BCUT2D eigenvalue weighted by molar-refractivity contribution is 0.100. The van der Waals surface area contributed by atoms with E-state index in [0.29, 0.717) is 11.5 Å². The van der Waals surface area contributed by atoms with Crippen LogP contribution in [0.2, 0.25) is 0 Å². The molecule has 31 heavy (non-hydrogen) atoms. The lowest BCUT2D eigenvalue weighted by atomic mass is 10.0. The van der Waals surface area contributed by atoms with E-state index in [2.05, 4.69) is 32.4 Å². The Balaban J connectivity index is 1.43. The Morgan fingerprint density at radius 1 is 1.00 bits per heavy atom. The Kier molecular flexibility index (Phi) is 4.97. The van der Waals surface area contributed by atoms with Crippen molar-refractivity contribution in [3.63, 3.8) is 0 Å². The molecular formula is C23H22N6O2. The minimum atomic E-state index is -0.474. The van der Waals surface area contributed by atoms with Gasteiger partial charge in [-0.15, -0.1) is 5.10 Å². The van der Waals surface area contributed by atoms with Crippen LogP contribution in [0, 0.1) is 0 Å². The van der Waals surface area contributed by atoms with Crippen molar-refractivity contribution in [2.24, 2.45) is 5.73 Å². The molecule has 1 fully saturated rings. The lowest BCUT2D eigenvalue weighted by Crippen LogP contribution is -2.36. The van der Waals surface area contributed by atoms with E-state index in [9.17, 15) is 4.79 Å². The normalized spacial score (nSPS) is 14.0. The quantitative estimate of drug-likeness (QED) is 0.521. The third-order valence-corrected chi connectivity index (χ3v) is 5.37. The SMILES string of the molecule is NC(=O)c1ccccc1-c1ccc2cnc(Nc3ccc(N4CCOCC4)cc3)nn12. The summed E-state index contributed by atoms with van der Waals surface area (Å²) in [7, 11) is 0. The summed E-state index contributed by atoms with van der Waals surface area (Å²) in [5.74, 6) is -0.0149. The number of nitrogens with two attached hydrogens (primary N) is 1. The van der Waals surface area contributed by atoms with Crippen molar-refractivity contribution in [1.82, 2.24) is 14.6 Å². The van der Waals surface area contributed by atoms with Crippen molar-refractivity contribution in [2.45, 2.75) is 0 Å². The second kappa shape index (κ2) is 8.08. The standard InChI is InChI=1S/C23H22N6O2/c24-22(30)20-4-2-1-3-19(20)21-10-9-18-15-25-23(27-29(18)21)26-16-5-7-17(8-6-16)28-11-13-31-14-12-28/h1-10,15H,11-14H2,(H2,24,30)(H,26,27). The summed E-state index contributed by atoms with van der Waals surface area (Å²) in [6, 6.07) is 19.2. The average molecular weight is 414 g/mol. The molecule has 0 unspecified atom stereocenters. The molecule has 156 valence electrons. The minimum absolute atomic E-state index is 0.453. The van der Waals surface area contributed by atoms with Gasteiger partial charge in [-0.3, -0.25) is 4.79 Å². The highest BCUT2D eigenvalue weighted by Gasteiger charge is 2.14. The molecule has 3 N–H and O–H groups in total. The van der Waals surface area contributed by atoms with Crippen LogP contribution in [0.1, 0.15) is 10.4 Å². The van der Waals surface area contributed by atoms with Gasteiger partial charge in [0, 0.05) is 35.6 Å². The van der Waals surface area contributed by atoms with Crippen LogP contribution >= 0.6 is 0 Å². The fraction of sp³-hybridized carbons (Fsp3) is 0.174. The number of rotatable bonds is 5. The second-order valence-corrected chi connectivity index (χ2v) is 7.32. The summed E-state index contributed by atoms with van der Waals surface area (Å²) >= 11 is 0. The van der Waals surface area contributed by atoms with Crippen LogP contribution in [0.4, 0.5) is 17.3 Å². The molecule has 0 bridgehead atoms. The number of nitrogens with one attached hydrogen (secondary N) is 1. The number of nitrogens with zero attached hydrogens (tertiary/aromatic N) is 4. The number of carbonyl (C=O) groups is 1. The molecule has 0 spiro atoms. The predicted octanol–water partition coefficient (Wildman–Crippen LogP) is 3.08. The van der Waals surface area contributed by atoms with Gasteiger partial charge >= 0.3 is 0 Å². The van der Waals surface area contributed by atoms with Gasteiger partial charge in [-0.05, 0) is 42.5 Å². The Morgan fingerprint density at radius 2 is 1.77 bits per heavy atom. The molecule has 0 aliphatic carbocycles. The summed E-state index contributed by atoms with van der Waals surface area (Å²) in [6.45, 7) is 3.31. The van der Waals surface area contributed by atoms with Gasteiger partial charge in [0.1, 0.15) is 0 Å². The van der Waals surface area contributed by atoms with Crippen molar-refractivity contribution in [3.8, 4) is 11.3 Å². The highest BCUT2D eigenvalue weighted by molar-refractivity contribution is 5.99. The van der Waals surface area contributed by atoms with E-state index in [0.717, 1.165) is 48.8 Å². The van der Waals surface area contributed by atoms with Crippen LogP contribution in [-0.2, 0) is 4.74 Å². The Hall–Kier alpha value is -3.91. The maximum absolute atomic E-state index is 11.9. The van der Waals surface area contributed by atoms with Crippen molar-refractivity contribution in [1.29, 1.82) is 0 Å². The number of hydrogen-bond donors (Lipinski definition) is 2. The minimum Gasteiger partial charge on any atom is -0.378 e. The first-order valence-electron chi connectivity index (χ1n) is 10.1. The Morgan fingerprint density at radius 3 is 2.55 bits per heavy atom. The summed E-state index contributed by atoms with van der Waals surface area (Å²) in [5.41, 5.74) is 10.4. The fourth-order valence-electron chi connectivity index (χ4n) is 3.79. The number of amides is 1. The molecule has 0 saturated carbocycles. The molecule has 8 heteroatoms. The first-order chi connectivity index (χ1) is 15.2. The number of benzene rings is 2. The molecule has 8 nitrogen and oxygen atoms in total. The van der Waals surface area contributed by atoms with E-state index in [1.807, 2.05) is 36.4 Å². The zero-order chi connectivity index (χ0) is 21.2. The van der Waals surface area contributed by atoms with Crippen LogP contribution in [0.5, 0.6) is 0 Å². The van der Waals surface area contributed by atoms with Crippen LogP contribution in [0.25, 0.3) is 16.8 Å². The molecule has 1 aliphatic rings. The molecule has 4 aromatic rings. The monoisotopic (exact) mass is 414 g/mol. The largest absolute Gasteiger partial charge is 0.378 e. The molecule has 1 aliphatic heterocycles. The maximum Gasteiger partial charge on any atom is 0.249 e. The topological polar surface area (TPSA) is 97.8 Å². The van der Waals surface area contributed by atoms with E-state index in [-0.39, 0.29) is 0 Å². The molecule has 5 rings (SSSR count). The lowest BCUT2D eigenvalue weighted by Gasteiger charge is -2.28. The van der Waals surface area contributed by atoms with Crippen molar-refractivity contribution in [2.75, 3.05) is 36.5 Å². The van der Waals surface area contributed by atoms with Crippen molar-refractivity contribution >= 4 is 28.7 Å².